The van der Waals surface area contributed by atoms with E-state index in [9.17, 15) is 9.59 Å². The normalized spacial score (nSPS) is 16.2. The fourth-order valence-corrected chi connectivity index (χ4v) is 4.37. The maximum atomic E-state index is 13.4. The molecule has 0 radical (unpaired) electrons. The number of amides is 2. The van der Waals surface area contributed by atoms with Crippen LogP contribution in [0.25, 0.3) is 0 Å². The number of fused-ring (bicyclic) bond motifs is 1. The zero-order chi connectivity index (χ0) is 22.7. The van der Waals surface area contributed by atoms with E-state index in [2.05, 4.69) is 15.3 Å². The van der Waals surface area contributed by atoms with Crippen LogP contribution in [0.4, 0.5) is 4.79 Å². The summed E-state index contributed by atoms with van der Waals surface area (Å²) < 4.78 is 4.93. The van der Waals surface area contributed by atoms with Gasteiger partial charge in [0.15, 0.2) is 0 Å². The van der Waals surface area contributed by atoms with E-state index in [1.54, 1.807) is 23.4 Å². The van der Waals surface area contributed by atoms with E-state index in [0.717, 1.165) is 11.3 Å². The molecular weight excluding hydrogens is 451 g/mol. The fraction of sp³-hybridized carbons (Fsp3) is 0.261. The quantitative estimate of drug-likeness (QED) is 0.545. The lowest BCUT2D eigenvalue weighted by atomic mass is 9.95. The van der Waals surface area contributed by atoms with Crippen LogP contribution in [0.2, 0.25) is 10.0 Å². The highest BCUT2D eigenvalue weighted by atomic mass is 35.5. The predicted octanol–water partition coefficient (Wildman–Crippen LogP) is 4.16. The Morgan fingerprint density at radius 3 is 2.75 bits per heavy atom. The number of hydrogen-bond acceptors (Lipinski definition) is 4. The van der Waals surface area contributed by atoms with E-state index in [1.165, 1.54) is 7.11 Å². The lowest BCUT2D eigenvalue weighted by Crippen LogP contribution is -2.52. The summed E-state index contributed by atoms with van der Waals surface area (Å²) in [5.74, 6) is -0.517. The molecule has 2 N–H and O–H groups in total. The van der Waals surface area contributed by atoms with E-state index in [1.807, 2.05) is 36.4 Å². The Bertz CT molecular complexity index is 1120. The van der Waals surface area contributed by atoms with Crippen LogP contribution in [0.3, 0.4) is 0 Å². The van der Waals surface area contributed by atoms with Gasteiger partial charge in [0.1, 0.15) is 12.1 Å². The fourth-order valence-electron chi connectivity index (χ4n) is 3.96. The second-order valence-corrected chi connectivity index (χ2v) is 8.26. The Kier molecular flexibility index (Phi) is 6.67. The lowest BCUT2D eigenvalue weighted by Gasteiger charge is -2.36. The van der Waals surface area contributed by atoms with Gasteiger partial charge in [-0.05, 0) is 11.6 Å². The molecule has 0 spiro atoms. The molecule has 166 valence electrons. The first-order chi connectivity index (χ1) is 15.5. The van der Waals surface area contributed by atoms with Crippen molar-refractivity contribution in [3.63, 3.8) is 0 Å². The third-order valence-corrected chi connectivity index (χ3v) is 6.36. The van der Waals surface area contributed by atoms with Crippen LogP contribution in [0, 0.1) is 0 Å². The lowest BCUT2D eigenvalue weighted by molar-refractivity contribution is -0.142. The molecule has 0 aliphatic carbocycles. The van der Waals surface area contributed by atoms with Crippen molar-refractivity contribution in [1.82, 2.24) is 20.2 Å². The minimum atomic E-state index is -0.842. The van der Waals surface area contributed by atoms with E-state index >= 15 is 0 Å². The number of H-pyrrole nitrogens is 1. The van der Waals surface area contributed by atoms with Crippen LogP contribution >= 0.6 is 23.2 Å². The molecule has 32 heavy (non-hydrogen) atoms. The molecule has 1 aromatic heterocycles. The van der Waals surface area contributed by atoms with Crippen LogP contribution in [-0.4, -0.2) is 46.6 Å². The van der Waals surface area contributed by atoms with Crippen LogP contribution in [0.5, 0.6) is 0 Å². The third-order valence-electron chi connectivity index (χ3n) is 5.53. The number of benzene rings is 2. The van der Waals surface area contributed by atoms with Gasteiger partial charge < -0.3 is 19.9 Å². The average molecular weight is 473 g/mol. The number of urea groups is 1. The van der Waals surface area contributed by atoms with E-state index in [-0.39, 0.29) is 0 Å². The Hall–Kier alpha value is -3.03. The first-order valence-electron chi connectivity index (χ1n) is 10.1. The van der Waals surface area contributed by atoms with Crippen molar-refractivity contribution >= 4 is 35.2 Å². The Balaban J connectivity index is 1.64. The number of imidazole rings is 1. The Labute approximate surface area is 195 Å². The van der Waals surface area contributed by atoms with Crippen molar-refractivity contribution in [2.75, 3.05) is 13.7 Å². The number of esters is 1. The monoisotopic (exact) mass is 472 g/mol. The molecule has 4 rings (SSSR count). The largest absolute Gasteiger partial charge is 0.467 e. The number of halogens is 2. The number of aromatic amines is 1. The van der Waals surface area contributed by atoms with Gasteiger partial charge in [0, 0.05) is 30.6 Å². The maximum Gasteiger partial charge on any atom is 0.328 e. The molecule has 2 aromatic carbocycles. The van der Waals surface area contributed by atoms with E-state index < -0.39 is 24.1 Å². The summed E-state index contributed by atoms with van der Waals surface area (Å²) in [4.78, 5) is 35.1. The molecule has 0 saturated heterocycles. The summed E-state index contributed by atoms with van der Waals surface area (Å²) in [6.45, 7) is 0.410. The summed E-state index contributed by atoms with van der Waals surface area (Å²) in [6, 6.07) is 12.9. The summed E-state index contributed by atoms with van der Waals surface area (Å²) in [5, 5.41) is 3.60. The highest BCUT2D eigenvalue weighted by Crippen LogP contribution is 2.39. The van der Waals surface area contributed by atoms with Crippen molar-refractivity contribution < 1.29 is 14.3 Å². The Morgan fingerprint density at radius 2 is 2.00 bits per heavy atom. The number of nitrogens with one attached hydrogen (secondary N) is 2. The molecule has 0 bridgehead atoms. The SMILES string of the molecule is COC(=O)[C@H](Cc1ccccc1)NC(=O)N1CCc2[nH]cnc2[C@H]1c1cccc(Cl)c1Cl. The second-order valence-electron chi connectivity index (χ2n) is 7.47. The van der Waals surface area contributed by atoms with Gasteiger partial charge in [-0.3, -0.25) is 0 Å². The third kappa shape index (κ3) is 4.45. The summed E-state index contributed by atoms with van der Waals surface area (Å²) in [7, 11) is 1.30. The number of nitrogens with zero attached hydrogens (tertiary/aromatic N) is 2. The van der Waals surface area contributed by atoms with Crippen molar-refractivity contribution in [1.29, 1.82) is 0 Å². The van der Waals surface area contributed by atoms with Crippen molar-refractivity contribution in [2.24, 2.45) is 0 Å². The highest BCUT2D eigenvalue weighted by Gasteiger charge is 2.37. The number of carbonyl (C=O) groups excluding carboxylic acids is 2. The van der Waals surface area contributed by atoms with E-state index in [4.69, 9.17) is 27.9 Å². The molecule has 3 aromatic rings. The van der Waals surface area contributed by atoms with Gasteiger partial charge in [-0.15, -0.1) is 0 Å². The first kappa shape index (κ1) is 22.2. The molecule has 2 heterocycles. The molecule has 9 heteroatoms. The molecule has 1 aliphatic rings. The van der Waals surface area contributed by atoms with Gasteiger partial charge in [-0.2, -0.15) is 0 Å². The smallest absolute Gasteiger partial charge is 0.328 e. The molecule has 2 atom stereocenters. The molecule has 0 fully saturated rings. The number of hydrogen-bond donors (Lipinski definition) is 2. The van der Waals surface area contributed by atoms with Crippen molar-refractivity contribution in [3.05, 3.63) is 87.4 Å². The summed E-state index contributed by atoms with van der Waals surface area (Å²) in [6.07, 6.45) is 2.51. The number of methoxy groups -OCH3 is 1. The first-order valence-corrected chi connectivity index (χ1v) is 10.9. The van der Waals surface area contributed by atoms with E-state index in [0.29, 0.717) is 40.7 Å². The number of carbonyl (C=O) groups is 2. The standard InChI is InChI=1S/C23H22Cl2N4O3/c1-32-22(30)18(12-14-6-3-2-4-7-14)28-23(31)29-11-10-17-20(27-13-26-17)21(29)15-8-5-9-16(24)19(15)25/h2-9,13,18,21H,10-12H2,1H3,(H,26,27)(H,28,31)/t18-,21+/m0/s1. The van der Waals surface area contributed by atoms with Crippen molar-refractivity contribution in [2.45, 2.75) is 24.9 Å². The maximum absolute atomic E-state index is 13.4. The number of ether oxygens (including phenoxy) is 1. The van der Waals surface area contributed by atoms with Gasteiger partial charge in [-0.1, -0.05) is 65.7 Å². The molecule has 2 amide bonds. The van der Waals surface area contributed by atoms with Crippen LogP contribution in [-0.2, 0) is 22.4 Å². The molecule has 0 unspecified atom stereocenters. The molecular formula is C23H22Cl2N4O3. The Morgan fingerprint density at radius 1 is 1.22 bits per heavy atom. The van der Waals surface area contributed by atoms with Crippen molar-refractivity contribution in [3.8, 4) is 0 Å². The highest BCUT2D eigenvalue weighted by molar-refractivity contribution is 6.42. The van der Waals surface area contributed by atoms with Gasteiger partial charge >= 0.3 is 12.0 Å². The van der Waals surface area contributed by atoms with Crippen LogP contribution < -0.4 is 5.32 Å². The van der Waals surface area contributed by atoms with Gasteiger partial charge in [0.2, 0.25) is 0 Å². The van der Waals surface area contributed by atoms with Crippen LogP contribution in [0.1, 0.15) is 28.6 Å². The summed E-state index contributed by atoms with van der Waals surface area (Å²) >= 11 is 12.8. The molecule has 1 aliphatic heterocycles. The minimum absolute atomic E-state index is 0.309. The zero-order valence-corrected chi connectivity index (χ0v) is 18.9. The van der Waals surface area contributed by atoms with Gasteiger partial charge in [0.25, 0.3) is 0 Å². The number of rotatable bonds is 5. The second kappa shape index (κ2) is 9.63. The van der Waals surface area contributed by atoms with Crippen LogP contribution in [0.15, 0.2) is 54.9 Å². The summed E-state index contributed by atoms with van der Waals surface area (Å²) in [5.41, 5.74) is 3.21. The van der Waals surface area contributed by atoms with Gasteiger partial charge in [0.05, 0.1) is 29.2 Å². The predicted molar refractivity (Wildman–Crippen MR) is 122 cm³/mol. The van der Waals surface area contributed by atoms with Gasteiger partial charge in [-0.25, -0.2) is 14.6 Å². The minimum Gasteiger partial charge on any atom is -0.467 e. The molecule has 7 nitrogen and oxygen atoms in total. The zero-order valence-electron chi connectivity index (χ0n) is 17.3. The average Bonchev–Trinajstić information content (AvgIpc) is 3.29. The molecule has 0 saturated carbocycles. The topological polar surface area (TPSA) is 87.3 Å². The number of aromatic nitrogens is 2.